The van der Waals surface area contributed by atoms with Crippen molar-refractivity contribution in [1.82, 2.24) is 14.7 Å². The maximum Gasteiger partial charge on any atom is 0.129 e. The number of hydrogen-bond donors (Lipinski definition) is 1. The van der Waals surface area contributed by atoms with E-state index < -0.39 is 6.10 Å². The minimum atomic E-state index is -0.490. The second kappa shape index (κ2) is 8.65. The van der Waals surface area contributed by atoms with E-state index in [4.69, 9.17) is 9.15 Å². The third-order valence-electron chi connectivity index (χ3n) is 4.82. The molecule has 1 aliphatic rings. The molecule has 0 spiro atoms. The molecule has 3 heterocycles. The molecule has 3 rings (SSSR count). The molecule has 0 amide bonds. The van der Waals surface area contributed by atoms with E-state index in [1.807, 2.05) is 19.1 Å². The molecule has 0 saturated carbocycles. The fraction of sp³-hybridized carbons (Fsp3) is 0.632. The summed E-state index contributed by atoms with van der Waals surface area (Å²) in [5.41, 5.74) is 2.26. The Morgan fingerprint density at radius 1 is 1.40 bits per heavy atom. The lowest BCUT2D eigenvalue weighted by Gasteiger charge is -2.37. The summed E-state index contributed by atoms with van der Waals surface area (Å²) in [5, 5.41) is 14.9. The number of aliphatic hydroxyl groups excluding tert-OH is 1. The Bertz CT molecular complexity index is 638. The Morgan fingerprint density at radius 2 is 2.28 bits per heavy atom. The Labute approximate surface area is 149 Å². The van der Waals surface area contributed by atoms with Crippen molar-refractivity contribution in [3.63, 3.8) is 0 Å². The van der Waals surface area contributed by atoms with E-state index in [-0.39, 0.29) is 0 Å². The van der Waals surface area contributed by atoms with Crippen molar-refractivity contribution < 1.29 is 14.3 Å². The van der Waals surface area contributed by atoms with Gasteiger partial charge in [0.05, 0.1) is 31.2 Å². The number of aliphatic hydroxyl groups is 1. The molecule has 0 aliphatic carbocycles. The zero-order valence-corrected chi connectivity index (χ0v) is 15.2. The van der Waals surface area contributed by atoms with Crippen LogP contribution in [0.3, 0.4) is 0 Å². The average Bonchev–Trinajstić information content (AvgIpc) is 3.19. The molecule has 0 unspecified atom stereocenters. The number of nitrogens with zero attached hydrogens (tertiary/aromatic N) is 3. The van der Waals surface area contributed by atoms with Crippen molar-refractivity contribution in [2.75, 3.05) is 19.7 Å². The van der Waals surface area contributed by atoms with Crippen LogP contribution in [0, 0.1) is 13.8 Å². The summed E-state index contributed by atoms with van der Waals surface area (Å²) in [6.45, 7) is 7.41. The van der Waals surface area contributed by atoms with Crippen molar-refractivity contribution in [3.8, 4) is 0 Å². The number of furan rings is 1. The number of β-amino-alcohol motifs (C(OH)–C–C–N with tert-alkyl or cyclic N) is 1. The number of rotatable bonds is 8. The number of hydrogen-bond acceptors (Lipinski definition) is 5. The Balaban J connectivity index is 1.49. The first-order valence-corrected chi connectivity index (χ1v) is 9.15. The predicted molar refractivity (Wildman–Crippen MR) is 95.3 cm³/mol. The van der Waals surface area contributed by atoms with Crippen LogP contribution in [0.5, 0.6) is 0 Å². The van der Waals surface area contributed by atoms with Gasteiger partial charge < -0.3 is 14.3 Å². The molecule has 2 atom stereocenters. The van der Waals surface area contributed by atoms with Crippen LogP contribution in [0.1, 0.15) is 36.4 Å². The summed E-state index contributed by atoms with van der Waals surface area (Å²) in [4.78, 5) is 2.39. The maximum atomic E-state index is 10.4. The number of likely N-dealkylation sites (tertiary alicyclic amines) is 1. The largest absolute Gasteiger partial charge is 0.467 e. The second-order valence-corrected chi connectivity index (χ2v) is 7.00. The Morgan fingerprint density at radius 3 is 3.00 bits per heavy atom. The summed E-state index contributed by atoms with van der Waals surface area (Å²) >= 11 is 0. The quantitative estimate of drug-likeness (QED) is 0.795. The van der Waals surface area contributed by atoms with Crippen molar-refractivity contribution in [1.29, 1.82) is 0 Å². The van der Waals surface area contributed by atoms with Crippen LogP contribution in [0.25, 0.3) is 0 Å². The van der Waals surface area contributed by atoms with Crippen LogP contribution in [0.15, 0.2) is 28.9 Å². The Kier molecular flexibility index (Phi) is 6.29. The summed E-state index contributed by atoms with van der Waals surface area (Å²) in [6, 6.07) is 6.25. The van der Waals surface area contributed by atoms with Crippen LogP contribution < -0.4 is 0 Å². The molecular weight excluding hydrogens is 318 g/mol. The van der Waals surface area contributed by atoms with Gasteiger partial charge in [-0.2, -0.15) is 5.10 Å². The van der Waals surface area contributed by atoms with Gasteiger partial charge in [-0.3, -0.25) is 9.58 Å². The van der Waals surface area contributed by atoms with Gasteiger partial charge in [0.15, 0.2) is 0 Å². The Hall–Kier alpha value is -1.63. The lowest BCUT2D eigenvalue weighted by molar-refractivity contribution is -0.00934. The van der Waals surface area contributed by atoms with Gasteiger partial charge >= 0.3 is 0 Å². The highest BCUT2D eigenvalue weighted by atomic mass is 16.5. The van der Waals surface area contributed by atoms with E-state index in [1.54, 1.807) is 6.26 Å². The van der Waals surface area contributed by atoms with E-state index in [2.05, 4.69) is 27.7 Å². The van der Waals surface area contributed by atoms with E-state index in [0.717, 1.165) is 31.0 Å². The van der Waals surface area contributed by atoms with Gasteiger partial charge in [-0.25, -0.2) is 0 Å². The topological polar surface area (TPSA) is 63.7 Å². The van der Waals surface area contributed by atoms with Gasteiger partial charge in [0, 0.05) is 18.3 Å². The van der Waals surface area contributed by atoms with Gasteiger partial charge in [-0.1, -0.05) is 6.42 Å². The fourth-order valence-corrected chi connectivity index (χ4v) is 3.58. The molecule has 0 bridgehead atoms. The molecule has 138 valence electrons. The number of piperidine rings is 1. The molecule has 0 aromatic carbocycles. The van der Waals surface area contributed by atoms with Crippen molar-refractivity contribution in [3.05, 3.63) is 41.6 Å². The molecule has 0 radical (unpaired) electrons. The number of aromatic nitrogens is 2. The van der Waals surface area contributed by atoms with E-state index in [0.29, 0.717) is 25.8 Å². The molecule has 1 N–H and O–H groups in total. The van der Waals surface area contributed by atoms with E-state index in [1.165, 1.54) is 18.5 Å². The van der Waals surface area contributed by atoms with Crippen LogP contribution >= 0.6 is 0 Å². The average molecular weight is 347 g/mol. The fourth-order valence-electron chi connectivity index (χ4n) is 3.58. The highest BCUT2D eigenvalue weighted by molar-refractivity contribution is 5.06. The summed E-state index contributed by atoms with van der Waals surface area (Å²) in [6.07, 6.45) is 4.72. The van der Waals surface area contributed by atoms with Gasteiger partial charge in [0.25, 0.3) is 0 Å². The van der Waals surface area contributed by atoms with Crippen LogP contribution in [-0.4, -0.2) is 51.6 Å². The predicted octanol–water partition coefficient (Wildman–Crippen LogP) is 2.53. The second-order valence-electron chi connectivity index (χ2n) is 7.00. The monoisotopic (exact) mass is 347 g/mol. The lowest BCUT2D eigenvalue weighted by Crippen LogP contribution is -2.46. The van der Waals surface area contributed by atoms with Crippen molar-refractivity contribution in [2.24, 2.45) is 0 Å². The minimum Gasteiger partial charge on any atom is -0.467 e. The molecule has 6 nitrogen and oxygen atoms in total. The molecule has 25 heavy (non-hydrogen) atoms. The summed E-state index contributed by atoms with van der Waals surface area (Å²) in [5.74, 6) is 0.785. The highest BCUT2D eigenvalue weighted by Gasteiger charge is 2.25. The van der Waals surface area contributed by atoms with Crippen LogP contribution in [0.2, 0.25) is 0 Å². The molecule has 1 aliphatic heterocycles. The number of aryl methyl sites for hydroxylation is 2. The lowest BCUT2D eigenvalue weighted by atomic mass is 10.0. The minimum absolute atomic E-state index is 0.323. The zero-order valence-electron chi connectivity index (χ0n) is 15.2. The molecular formula is C19H29N3O3. The van der Waals surface area contributed by atoms with Gasteiger partial charge in [0.1, 0.15) is 12.4 Å². The maximum absolute atomic E-state index is 10.4. The zero-order chi connectivity index (χ0) is 17.6. The first-order valence-electron chi connectivity index (χ1n) is 9.15. The van der Waals surface area contributed by atoms with Gasteiger partial charge in [-0.05, 0) is 51.4 Å². The van der Waals surface area contributed by atoms with Crippen LogP contribution in [-0.2, 0) is 17.9 Å². The van der Waals surface area contributed by atoms with E-state index >= 15 is 0 Å². The normalized spacial score (nSPS) is 20.0. The molecule has 1 fully saturated rings. The molecule has 2 aromatic rings. The highest BCUT2D eigenvalue weighted by Crippen LogP contribution is 2.20. The SMILES string of the molecule is Cc1cc(C)n(C[C@@H]2CCCCN2C[C@H](O)COCc2ccco2)n1. The van der Waals surface area contributed by atoms with Crippen molar-refractivity contribution in [2.45, 2.75) is 58.4 Å². The van der Waals surface area contributed by atoms with Gasteiger partial charge in [0.2, 0.25) is 0 Å². The molecule has 1 saturated heterocycles. The summed E-state index contributed by atoms with van der Waals surface area (Å²) in [7, 11) is 0. The van der Waals surface area contributed by atoms with Crippen molar-refractivity contribution >= 4 is 0 Å². The first-order chi connectivity index (χ1) is 12.1. The third-order valence-corrected chi connectivity index (χ3v) is 4.82. The standard InChI is InChI=1S/C19H29N3O3/c1-15-10-16(2)22(20-15)11-17-6-3-4-8-21(17)12-18(23)13-24-14-19-7-5-9-25-19/h5,7,9-10,17-18,23H,3-4,6,8,11-14H2,1-2H3/t17-,18-/m0/s1. The number of ether oxygens (including phenoxy) is 1. The summed E-state index contributed by atoms with van der Waals surface area (Å²) < 4.78 is 12.9. The smallest absolute Gasteiger partial charge is 0.129 e. The van der Waals surface area contributed by atoms with Gasteiger partial charge in [-0.15, -0.1) is 0 Å². The van der Waals surface area contributed by atoms with E-state index in [9.17, 15) is 5.11 Å². The third kappa shape index (κ3) is 5.17. The first kappa shape index (κ1) is 18.2. The molecule has 2 aromatic heterocycles. The van der Waals surface area contributed by atoms with Crippen LogP contribution in [0.4, 0.5) is 0 Å². The molecule has 6 heteroatoms.